The Kier molecular flexibility index (Phi) is 6.59. The maximum absolute atomic E-state index is 12.6. The highest BCUT2D eigenvalue weighted by Gasteiger charge is 2.30. The molecule has 1 aromatic carbocycles. The first-order valence-corrected chi connectivity index (χ1v) is 9.89. The number of sulfone groups is 1. The summed E-state index contributed by atoms with van der Waals surface area (Å²) < 4.78 is 30.4. The van der Waals surface area contributed by atoms with Crippen LogP contribution >= 0.6 is 12.4 Å². The van der Waals surface area contributed by atoms with Crippen molar-refractivity contribution in [2.24, 2.45) is 0 Å². The third-order valence-electron chi connectivity index (χ3n) is 4.62. The average Bonchev–Trinajstić information content (AvgIpc) is 3.27. The summed E-state index contributed by atoms with van der Waals surface area (Å²) in [6, 6.07) is 7.02. The smallest absolute Gasteiger partial charge is 0.257 e. The maximum atomic E-state index is 12.6. The van der Waals surface area contributed by atoms with E-state index >= 15 is 0 Å². The highest BCUT2D eigenvalue weighted by Crippen LogP contribution is 2.30. The molecule has 1 saturated carbocycles. The fourth-order valence-corrected chi connectivity index (χ4v) is 4.86. The molecule has 8 heteroatoms. The van der Waals surface area contributed by atoms with Crippen LogP contribution in [0.3, 0.4) is 0 Å². The molecule has 1 aromatic heterocycles. The largest absolute Gasteiger partial charge is 0.334 e. The molecule has 1 atom stereocenters. The van der Waals surface area contributed by atoms with Crippen molar-refractivity contribution in [2.75, 3.05) is 7.05 Å². The summed E-state index contributed by atoms with van der Waals surface area (Å²) in [5.41, 5.74) is 0.733. The number of aromatic nitrogens is 2. The first-order valence-electron chi connectivity index (χ1n) is 8.35. The molecule has 0 aliphatic heterocycles. The minimum absolute atomic E-state index is 0. The van der Waals surface area contributed by atoms with Crippen LogP contribution in [0, 0.1) is 0 Å². The van der Waals surface area contributed by atoms with Crippen molar-refractivity contribution in [3.63, 3.8) is 0 Å². The topological polar surface area (TPSA) is 85.1 Å². The Bertz CT molecular complexity index is 784. The summed E-state index contributed by atoms with van der Waals surface area (Å²) in [5, 5.41) is 6.86. The number of nitrogens with one attached hydrogen (secondary N) is 1. The van der Waals surface area contributed by atoms with Gasteiger partial charge in [0.25, 0.3) is 5.89 Å². The van der Waals surface area contributed by atoms with Gasteiger partial charge in [0.15, 0.2) is 15.7 Å². The van der Waals surface area contributed by atoms with Crippen molar-refractivity contribution < 1.29 is 12.9 Å². The predicted molar refractivity (Wildman–Crippen MR) is 98.6 cm³/mol. The van der Waals surface area contributed by atoms with Crippen molar-refractivity contribution in [3.8, 4) is 11.5 Å². The van der Waals surface area contributed by atoms with Gasteiger partial charge in [-0.3, -0.25) is 0 Å². The number of rotatable bonds is 6. The molecule has 0 saturated heterocycles. The van der Waals surface area contributed by atoms with E-state index < -0.39 is 9.84 Å². The quantitative estimate of drug-likeness (QED) is 0.822. The molecule has 3 rings (SSSR count). The van der Waals surface area contributed by atoms with Crippen molar-refractivity contribution in [1.29, 1.82) is 0 Å². The fourth-order valence-electron chi connectivity index (χ4n) is 3.01. The van der Waals surface area contributed by atoms with Gasteiger partial charge in [0.05, 0.1) is 10.1 Å². The summed E-state index contributed by atoms with van der Waals surface area (Å²) in [4.78, 5) is 4.75. The molecule has 1 aliphatic carbocycles. The highest BCUT2D eigenvalue weighted by molar-refractivity contribution is 7.92. The van der Waals surface area contributed by atoms with Crippen molar-refractivity contribution in [1.82, 2.24) is 15.5 Å². The molecular weight excluding hydrogens is 362 g/mol. The predicted octanol–water partition coefficient (Wildman–Crippen LogP) is 3.03. The van der Waals surface area contributed by atoms with Gasteiger partial charge in [-0.15, -0.1) is 12.4 Å². The molecule has 25 heavy (non-hydrogen) atoms. The van der Waals surface area contributed by atoms with Crippen LogP contribution in [0.15, 0.2) is 33.7 Å². The van der Waals surface area contributed by atoms with E-state index in [1.54, 1.807) is 24.3 Å². The molecule has 1 fully saturated rings. The molecule has 1 N–H and O–H groups in total. The second kappa shape index (κ2) is 8.29. The van der Waals surface area contributed by atoms with Crippen molar-refractivity contribution in [2.45, 2.75) is 55.2 Å². The Labute approximate surface area is 154 Å². The van der Waals surface area contributed by atoms with Gasteiger partial charge in [-0.2, -0.15) is 4.98 Å². The van der Waals surface area contributed by atoms with E-state index in [4.69, 9.17) is 4.52 Å². The van der Waals surface area contributed by atoms with Crippen LogP contribution in [-0.2, 0) is 16.3 Å². The van der Waals surface area contributed by atoms with Gasteiger partial charge in [0, 0.05) is 18.0 Å². The minimum atomic E-state index is -3.23. The Balaban J connectivity index is 0.00000225. The van der Waals surface area contributed by atoms with Crippen LogP contribution in [0.1, 0.15) is 38.4 Å². The summed E-state index contributed by atoms with van der Waals surface area (Å²) in [6.07, 6.45) is 4.20. The van der Waals surface area contributed by atoms with Gasteiger partial charge in [-0.05, 0) is 51.1 Å². The standard InChI is InChI=1S/C17H23N3O3S.ClH/c1-12(18-2)11-16-19-17(23-20-16)13-7-9-15(10-8-13)24(21,22)14-5-3-4-6-14;/h7-10,12,14,18H,3-6,11H2,1-2H3;1H. The summed E-state index contributed by atoms with van der Waals surface area (Å²) in [5.74, 6) is 1.05. The van der Waals surface area contributed by atoms with E-state index in [-0.39, 0.29) is 23.7 Å². The average molecular weight is 386 g/mol. The van der Waals surface area contributed by atoms with Crippen molar-refractivity contribution in [3.05, 3.63) is 30.1 Å². The monoisotopic (exact) mass is 385 g/mol. The first kappa shape index (κ1) is 19.9. The normalized spacial score (nSPS) is 16.6. The number of hydrogen-bond donors (Lipinski definition) is 1. The lowest BCUT2D eigenvalue weighted by molar-refractivity contribution is 0.418. The SMILES string of the molecule is CNC(C)Cc1noc(-c2ccc(S(=O)(=O)C3CCCC3)cc2)n1.Cl. The lowest BCUT2D eigenvalue weighted by Crippen LogP contribution is -2.24. The zero-order valence-electron chi connectivity index (χ0n) is 14.4. The number of nitrogens with zero attached hydrogens (tertiary/aromatic N) is 2. The van der Waals surface area contributed by atoms with Crippen LogP contribution in [0.4, 0.5) is 0 Å². The molecule has 138 valence electrons. The van der Waals surface area contributed by atoms with Crippen LogP contribution in [0.5, 0.6) is 0 Å². The van der Waals surface area contributed by atoms with E-state index in [0.717, 1.165) is 31.2 Å². The van der Waals surface area contributed by atoms with E-state index in [9.17, 15) is 8.42 Å². The number of halogens is 1. The third-order valence-corrected chi connectivity index (χ3v) is 6.90. The molecule has 0 amide bonds. The zero-order chi connectivity index (χ0) is 17.2. The van der Waals surface area contributed by atoms with Crippen LogP contribution in [-0.4, -0.2) is 36.9 Å². The Morgan fingerprint density at radius 1 is 1.24 bits per heavy atom. The molecule has 1 unspecified atom stereocenters. The van der Waals surface area contributed by atoms with Crippen LogP contribution in [0.25, 0.3) is 11.5 Å². The zero-order valence-corrected chi connectivity index (χ0v) is 16.1. The van der Waals surface area contributed by atoms with Gasteiger partial charge >= 0.3 is 0 Å². The molecule has 1 heterocycles. The molecule has 1 aliphatic rings. The number of hydrogen-bond acceptors (Lipinski definition) is 6. The molecule has 6 nitrogen and oxygen atoms in total. The molecule has 2 aromatic rings. The summed E-state index contributed by atoms with van der Waals surface area (Å²) in [6.45, 7) is 2.04. The Morgan fingerprint density at radius 2 is 1.88 bits per heavy atom. The Hall–Kier alpha value is -1.44. The molecule has 0 bridgehead atoms. The highest BCUT2D eigenvalue weighted by atomic mass is 35.5. The maximum Gasteiger partial charge on any atom is 0.257 e. The van der Waals surface area contributed by atoms with Gasteiger partial charge in [0.1, 0.15) is 0 Å². The Morgan fingerprint density at radius 3 is 2.48 bits per heavy atom. The van der Waals surface area contributed by atoms with Gasteiger partial charge in [0.2, 0.25) is 0 Å². The number of likely N-dealkylation sites (N-methyl/N-ethyl adjacent to an activating group) is 1. The second-order valence-corrected chi connectivity index (χ2v) is 8.61. The lowest BCUT2D eigenvalue weighted by atomic mass is 10.2. The van der Waals surface area contributed by atoms with E-state index in [1.807, 2.05) is 14.0 Å². The fraction of sp³-hybridized carbons (Fsp3) is 0.529. The van der Waals surface area contributed by atoms with Gasteiger partial charge in [-0.1, -0.05) is 18.0 Å². The van der Waals surface area contributed by atoms with Crippen LogP contribution in [0.2, 0.25) is 0 Å². The number of benzene rings is 1. The minimum Gasteiger partial charge on any atom is -0.334 e. The molecule has 0 spiro atoms. The van der Waals surface area contributed by atoms with E-state index in [1.165, 1.54) is 0 Å². The first-order chi connectivity index (χ1) is 11.5. The molecular formula is C17H24ClN3O3S. The third kappa shape index (κ3) is 4.40. The lowest BCUT2D eigenvalue weighted by Gasteiger charge is -2.11. The van der Waals surface area contributed by atoms with Crippen molar-refractivity contribution >= 4 is 22.2 Å². The van der Waals surface area contributed by atoms with Gasteiger partial charge in [-0.25, -0.2) is 8.42 Å². The summed E-state index contributed by atoms with van der Waals surface area (Å²) >= 11 is 0. The van der Waals surface area contributed by atoms with E-state index in [0.29, 0.717) is 23.0 Å². The molecule has 0 radical (unpaired) electrons. The van der Waals surface area contributed by atoms with E-state index in [2.05, 4.69) is 15.5 Å². The van der Waals surface area contributed by atoms with Gasteiger partial charge < -0.3 is 9.84 Å². The van der Waals surface area contributed by atoms with Crippen LogP contribution < -0.4 is 5.32 Å². The summed E-state index contributed by atoms with van der Waals surface area (Å²) in [7, 11) is -1.34. The second-order valence-electron chi connectivity index (χ2n) is 6.39.